The zero-order chi connectivity index (χ0) is 12.7. The van der Waals surface area contributed by atoms with E-state index >= 15 is 0 Å². The number of carboxylic acid groups (broad SMARTS) is 1. The summed E-state index contributed by atoms with van der Waals surface area (Å²) in [5.74, 6) is -0.885. The molecule has 0 fully saturated rings. The number of hydrogen-bond donors (Lipinski definition) is 1. The van der Waals surface area contributed by atoms with Gasteiger partial charge in [-0.2, -0.15) is 0 Å². The van der Waals surface area contributed by atoms with Gasteiger partial charge in [0.15, 0.2) is 0 Å². The van der Waals surface area contributed by atoms with Gasteiger partial charge >= 0.3 is 5.97 Å². The van der Waals surface area contributed by atoms with Gasteiger partial charge in [-0.1, -0.05) is 0 Å². The Kier molecular flexibility index (Phi) is 2.41. The van der Waals surface area contributed by atoms with Crippen molar-refractivity contribution in [3.8, 4) is 11.1 Å². The molecule has 0 bridgehead atoms. The summed E-state index contributed by atoms with van der Waals surface area (Å²) in [6.07, 6.45) is 3.70. The van der Waals surface area contributed by atoms with E-state index in [2.05, 4.69) is 4.98 Å². The largest absolute Gasteiger partial charge is 0.477 e. The van der Waals surface area contributed by atoms with Gasteiger partial charge in [-0.15, -0.1) is 11.3 Å². The Morgan fingerprint density at radius 3 is 3.00 bits per heavy atom. The van der Waals surface area contributed by atoms with Crippen LogP contribution in [0, 0.1) is 0 Å². The first kappa shape index (κ1) is 11.0. The normalized spacial score (nSPS) is 10.9. The third kappa shape index (κ3) is 1.60. The lowest BCUT2D eigenvalue weighted by molar-refractivity contribution is 0.0702. The van der Waals surface area contributed by atoms with Crippen molar-refractivity contribution in [1.29, 1.82) is 0 Å². The van der Waals surface area contributed by atoms with E-state index in [-0.39, 0.29) is 0 Å². The fourth-order valence-electron chi connectivity index (χ4n) is 2.01. The molecular formula is C13H10N2O2S. The zero-order valence-corrected chi connectivity index (χ0v) is 10.4. The second-order valence-electron chi connectivity index (χ2n) is 4.03. The summed E-state index contributed by atoms with van der Waals surface area (Å²) < 4.78 is 1.95. The van der Waals surface area contributed by atoms with Crippen molar-refractivity contribution in [1.82, 2.24) is 9.55 Å². The van der Waals surface area contributed by atoms with Gasteiger partial charge in [0, 0.05) is 24.8 Å². The lowest BCUT2D eigenvalue weighted by Crippen LogP contribution is -1.90. The van der Waals surface area contributed by atoms with Gasteiger partial charge in [0.25, 0.3) is 0 Å². The van der Waals surface area contributed by atoms with Gasteiger partial charge in [-0.25, -0.2) is 9.78 Å². The van der Waals surface area contributed by atoms with Crippen LogP contribution in [0.25, 0.3) is 22.2 Å². The zero-order valence-electron chi connectivity index (χ0n) is 9.62. The quantitative estimate of drug-likeness (QED) is 0.768. The van der Waals surface area contributed by atoms with Gasteiger partial charge in [0.2, 0.25) is 0 Å². The number of nitrogens with zero attached hydrogens (tertiary/aromatic N) is 2. The molecule has 4 nitrogen and oxygen atoms in total. The molecule has 3 rings (SSSR count). The van der Waals surface area contributed by atoms with Crippen molar-refractivity contribution in [3.63, 3.8) is 0 Å². The predicted molar refractivity (Wildman–Crippen MR) is 71.0 cm³/mol. The fraction of sp³-hybridized carbons (Fsp3) is 0.0769. The lowest BCUT2D eigenvalue weighted by atomic mass is 10.1. The van der Waals surface area contributed by atoms with E-state index in [4.69, 9.17) is 5.11 Å². The molecule has 0 aromatic carbocycles. The van der Waals surface area contributed by atoms with Crippen LogP contribution in [0.15, 0.2) is 36.0 Å². The van der Waals surface area contributed by atoms with Crippen LogP contribution in [-0.4, -0.2) is 20.6 Å². The summed E-state index contributed by atoms with van der Waals surface area (Å²) in [4.78, 5) is 15.6. The Bertz CT molecular complexity index is 742. The van der Waals surface area contributed by atoms with Crippen LogP contribution >= 0.6 is 11.3 Å². The second kappa shape index (κ2) is 3.96. The number of pyridine rings is 1. The first-order chi connectivity index (χ1) is 8.66. The van der Waals surface area contributed by atoms with Crippen molar-refractivity contribution in [2.24, 2.45) is 7.05 Å². The van der Waals surface area contributed by atoms with Crippen LogP contribution in [0.5, 0.6) is 0 Å². The molecule has 0 aliphatic rings. The summed E-state index contributed by atoms with van der Waals surface area (Å²) in [6.45, 7) is 0. The SMILES string of the molecule is Cn1ccc2c(-c3csc(C(=O)O)c3)ccnc21. The molecule has 0 amide bonds. The molecular weight excluding hydrogens is 248 g/mol. The molecule has 3 aromatic heterocycles. The molecule has 0 unspecified atom stereocenters. The van der Waals surface area contributed by atoms with Crippen molar-refractivity contribution in [2.45, 2.75) is 0 Å². The molecule has 0 saturated carbocycles. The minimum absolute atomic E-state index is 0.353. The van der Waals surface area contributed by atoms with Crippen molar-refractivity contribution in [2.75, 3.05) is 0 Å². The van der Waals surface area contributed by atoms with E-state index in [0.717, 1.165) is 22.2 Å². The molecule has 90 valence electrons. The van der Waals surface area contributed by atoms with Crippen molar-refractivity contribution < 1.29 is 9.90 Å². The average Bonchev–Trinajstić information content (AvgIpc) is 2.97. The third-order valence-corrected chi connectivity index (χ3v) is 3.81. The topological polar surface area (TPSA) is 55.1 Å². The van der Waals surface area contributed by atoms with Gasteiger partial charge < -0.3 is 9.67 Å². The maximum Gasteiger partial charge on any atom is 0.345 e. The molecule has 0 spiro atoms. The number of rotatable bonds is 2. The Hall–Kier alpha value is -2.14. The Morgan fingerprint density at radius 1 is 1.44 bits per heavy atom. The Balaban J connectivity index is 2.21. The highest BCUT2D eigenvalue weighted by Crippen LogP contribution is 2.31. The Labute approximate surface area is 107 Å². The highest BCUT2D eigenvalue weighted by molar-refractivity contribution is 7.12. The highest BCUT2D eigenvalue weighted by atomic mass is 32.1. The third-order valence-electron chi connectivity index (χ3n) is 2.89. The van der Waals surface area contributed by atoms with E-state index in [0.29, 0.717) is 4.88 Å². The van der Waals surface area contributed by atoms with E-state index in [1.165, 1.54) is 11.3 Å². The Morgan fingerprint density at radius 2 is 2.28 bits per heavy atom. The minimum Gasteiger partial charge on any atom is -0.477 e. The van der Waals surface area contributed by atoms with Gasteiger partial charge in [0.05, 0.1) is 0 Å². The van der Waals surface area contributed by atoms with Gasteiger partial charge in [0.1, 0.15) is 10.5 Å². The standard InChI is InChI=1S/C13H10N2O2S/c1-15-5-3-10-9(2-4-14-12(10)15)8-6-11(13(16)17)18-7-8/h2-7H,1H3,(H,16,17). The molecule has 0 aliphatic carbocycles. The number of thiophene rings is 1. The van der Waals surface area contributed by atoms with Crippen LogP contribution in [0.2, 0.25) is 0 Å². The van der Waals surface area contributed by atoms with Gasteiger partial charge in [-0.3, -0.25) is 0 Å². The van der Waals surface area contributed by atoms with Crippen LogP contribution < -0.4 is 0 Å². The number of fused-ring (bicyclic) bond motifs is 1. The smallest absolute Gasteiger partial charge is 0.345 e. The van der Waals surface area contributed by atoms with Gasteiger partial charge in [-0.05, 0) is 34.7 Å². The predicted octanol–water partition coefficient (Wildman–Crippen LogP) is 3.00. The summed E-state index contributed by atoms with van der Waals surface area (Å²) in [5.41, 5.74) is 2.84. The number of aryl methyl sites for hydroxylation is 1. The summed E-state index contributed by atoms with van der Waals surface area (Å²) in [6, 6.07) is 5.61. The maximum absolute atomic E-state index is 10.9. The second-order valence-corrected chi connectivity index (χ2v) is 4.94. The molecule has 1 N–H and O–H groups in total. The maximum atomic E-state index is 10.9. The fourth-order valence-corrected chi connectivity index (χ4v) is 2.75. The van der Waals surface area contributed by atoms with Crippen molar-refractivity contribution in [3.05, 3.63) is 40.8 Å². The molecule has 0 radical (unpaired) electrons. The summed E-state index contributed by atoms with van der Waals surface area (Å²) in [7, 11) is 1.94. The van der Waals surface area contributed by atoms with E-state index < -0.39 is 5.97 Å². The monoisotopic (exact) mass is 258 g/mol. The van der Waals surface area contributed by atoms with E-state index in [1.807, 2.05) is 35.3 Å². The lowest BCUT2D eigenvalue weighted by Gasteiger charge is -2.00. The summed E-state index contributed by atoms with van der Waals surface area (Å²) in [5, 5.41) is 11.9. The van der Waals surface area contributed by atoms with Crippen molar-refractivity contribution >= 4 is 28.3 Å². The molecule has 0 aliphatic heterocycles. The molecule has 3 aromatic rings. The van der Waals surface area contributed by atoms with Crippen LogP contribution in [0.3, 0.4) is 0 Å². The molecule has 0 atom stereocenters. The number of carbonyl (C=O) groups is 1. The van der Waals surface area contributed by atoms with Crippen LogP contribution in [0.1, 0.15) is 9.67 Å². The number of aromatic carboxylic acids is 1. The first-order valence-electron chi connectivity index (χ1n) is 5.39. The minimum atomic E-state index is -0.885. The number of carboxylic acids is 1. The molecule has 5 heteroatoms. The first-order valence-corrected chi connectivity index (χ1v) is 6.27. The van der Waals surface area contributed by atoms with E-state index in [1.54, 1.807) is 12.3 Å². The number of hydrogen-bond acceptors (Lipinski definition) is 3. The van der Waals surface area contributed by atoms with Crippen LogP contribution in [0.4, 0.5) is 0 Å². The highest BCUT2D eigenvalue weighted by Gasteiger charge is 2.11. The molecule has 3 heterocycles. The van der Waals surface area contributed by atoms with Crippen LogP contribution in [-0.2, 0) is 7.05 Å². The van der Waals surface area contributed by atoms with E-state index in [9.17, 15) is 4.79 Å². The number of aromatic nitrogens is 2. The summed E-state index contributed by atoms with van der Waals surface area (Å²) >= 11 is 1.24. The molecule has 18 heavy (non-hydrogen) atoms. The molecule has 0 saturated heterocycles. The average molecular weight is 258 g/mol.